The highest BCUT2D eigenvalue weighted by atomic mass is 16.6. The molecule has 15 heavy (non-hydrogen) atoms. The molecule has 5 heteroatoms. The van der Waals surface area contributed by atoms with Gasteiger partial charge in [0.2, 0.25) is 0 Å². The number of hydrogen-bond acceptors (Lipinski definition) is 4. The van der Waals surface area contributed by atoms with Crippen LogP contribution in [0.3, 0.4) is 0 Å². The lowest BCUT2D eigenvalue weighted by atomic mass is 10.2. The van der Waals surface area contributed by atoms with Crippen LogP contribution in [-0.2, 0) is 4.74 Å². The lowest BCUT2D eigenvalue weighted by molar-refractivity contribution is -0.385. The molecule has 0 heterocycles. The minimum atomic E-state index is -0.434. The summed E-state index contributed by atoms with van der Waals surface area (Å²) in [6, 6.07) is 4.66. The van der Waals surface area contributed by atoms with Crippen molar-refractivity contribution >= 4 is 5.69 Å². The first kappa shape index (κ1) is 11.5. The van der Waals surface area contributed by atoms with Crippen molar-refractivity contribution in [1.29, 1.82) is 0 Å². The Hall–Kier alpha value is -1.62. The number of non-ortho nitro benzene ring substituents is 1. The van der Waals surface area contributed by atoms with E-state index in [-0.39, 0.29) is 5.69 Å². The number of ether oxygens (including phenoxy) is 2. The van der Waals surface area contributed by atoms with Crippen molar-refractivity contribution in [2.24, 2.45) is 0 Å². The van der Waals surface area contributed by atoms with E-state index < -0.39 is 4.92 Å². The van der Waals surface area contributed by atoms with Gasteiger partial charge >= 0.3 is 0 Å². The van der Waals surface area contributed by atoms with Gasteiger partial charge in [-0.25, -0.2) is 0 Å². The van der Waals surface area contributed by atoms with E-state index in [2.05, 4.69) is 0 Å². The molecule has 1 rings (SSSR count). The fraction of sp³-hybridized carbons (Fsp3) is 0.400. The topological polar surface area (TPSA) is 61.6 Å². The van der Waals surface area contributed by atoms with Crippen LogP contribution >= 0.6 is 0 Å². The van der Waals surface area contributed by atoms with E-state index in [1.807, 2.05) is 0 Å². The molecule has 0 aromatic heterocycles. The van der Waals surface area contributed by atoms with Crippen molar-refractivity contribution < 1.29 is 14.4 Å². The molecule has 5 nitrogen and oxygen atoms in total. The molecule has 0 fully saturated rings. The molecule has 0 bridgehead atoms. The highest BCUT2D eigenvalue weighted by molar-refractivity contribution is 5.42. The third kappa shape index (κ3) is 3.55. The van der Waals surface area contributed by atoms with E-state index in [0.717, 1.165) is 5.56 Å². The van der Waals surface area contributed by atoms with Crippen LogP contribution in [0.4, 0.5) is 5.69 Å². The van der Waals surface area contributed by atoms with Crippen molar-refractivity contribution in [1.82, 2.24) is 0 Å². The average molecular weight is 211 g/mol. The summed E-state index contributed by atoms with van der Waals surface area (Å²) in [4.78, 5) is 10.1. The van der Waals surface area contributed by atoms with Crippen LogP contribution < -0.4 is 4.74 Å². The summed E-state index contributed by atoms with van der Waals surface area (Å²) >= 11 is 0. The molecule has 0 aliphatic carbocycles. The van der Waals surface area contributed by atoms with E-state index in [0.29, 0.717) is 19.0 Å². The Kier molecular flexibility index (Phi) is 4.05. The summed E-state index contributed by atoms with van der Waals surface area (Å²) in [5.74, 6) is 0.499. The molecule has 0 saturated heterocycles. The lowest BCUT2D eigenvalue weighted by Crippen LogP contribution is -2.04. The van der Waals surface area contributed by atoms with Crippen LogP contribution in [-0.4, -0.2) is 25.2 Å². The third-order valence-electron chi connectivity index (χ3n) is 1.80. The molecule has 1 aromatic carbocycles. The quantitative estimate of drug-likeness (QED) is 0.424. The van der Waals surface area contributed by atoms with E-state index in [1.165, 1.54) is 12.1 Å². The smallest absolute Gasteiger partial charge is 0.273 e. The first-order chi connectivity index (χ1) is 7.13. The maximum absolute atomic E-state index is 10.6. The number of rotatable bonds is 5. The van der Waals surface area contributed by atoms with Crippen LogP contribution in [0.5, 0.6) is 5.75 Å². The number of nitrogens with zero attached hydrogens (tertiary/aromatic N) is 1. The van der Waals surface area contributed by atoms with Crippen LogP contribution in [0.1, 0.15) is 5.56 Å². The molecule has 0 radical (unpaired) electrons. The van der Waals surface area contributed by atoms with Crippen LogP contribution in [0.2, 0.25) is 0 Å². The molecule has 0 aliphatic rings. The molecule has 82 valence electrons. The molecule has 0 amide bonds. The lowest BCUT2D eigenvalue weighted by Gasteiger charge is -2.05. The normalized spacial score (nSPS) is 10.0. The van der Waals surface area contributed by atoms with Gasteiger partial charge in [0.25, 0.3) is 5.69 Å². The van der Waals surface area contributed by atoms with Gasteiger partial charge in [0, 0.05) is 13.2 Å². The molecule has 0 aliphatic heterocycles. The summed E-state index contributed by atoms with van der Waals surface area (Å²) in [6.45, 7) is 2.63. The maximum atomic E-state index is 10.6. The second-order valence-electron chi connectivity index (χ2n) is 3.10. The van der Waals surface area contributed by atoms with Gasteiger partial charge in [-0.15, -0.1) is 0 Å². The zero-order chi connectivity index (χ0) is 11.3. The molecule has 0 unspecified atom stereocenters. The molecular weight excluding hydrogens is 198 g/mol. The molecule has 0 saturated carbocycles. The standard InChI is InChI=1S/C10H13NO4/c1-8-5-9(11(12)13)7-10(6-8)15-4-3-14-2/h5-7H,3-4H2,1-2H3. The van der Waals surface area contributed by atoms with Gasteiger partial charge in [-0.05, 0) is 18.6 Å². The number of hydrogen-bond donors (Lipinski definition) is 0. The van der Waals surface area contributed by atoms with Gasteiger partial charge < -0.3 is 9.47 Å². The summed E-state index contributed by atoms with van der Waals surface area (Å²) in [5.41, 5.74) is 0.846. The number of methoxy groups -OCH3 is 1. The monoisotopic (exact) mass is 211 g/mol. The van der Waals surface area contributed by atoms with Gasteiger partial charge in [-0.1, -0.05) is 0 Å². The van der Waals surface area contributed by atoms with Crippen LogP contribution in [0.25, 0.3) is 0 Å². The Balaban J connectivity index is 2.75. The summed E-state index contributed by atoms with van der Waals surface area (Å²) in [5, 5.41) is 10.6. The van der Waals surface area contributed by atoms with Gasteiger partial charge in [-0.2, -0.15) is 0 Å². The van der Waals surface area contributed by atoms with E-state index in [9.17, 15) is 10.1 Å². The first-order valence-electron chi connectivity index (χ1n) is 4.51. The average Bonchev–Trinajstić information content (AvgIpc) is 2.17. The number of nitro benzene ring substituents is 1. The second kappa shape index (κ2) is 5.31. The second-order valence-corrected chi connectivity index (χ2v) is 3.10. The molecule has 0 atom stereocenters. The van der Waals surface area contributed by atoms with Crippen molar-refractivity contribution in [3.63, 3.8) is 0 Å². The number of nitro groups is 1. The highest BCUT2D eigenvalue weighted by Gasteiger charge is 2.08. The van der Waals surface area contributed by atoms with Gasteiger partial charge in [0.05, 0.1) is 17.6 Å². The number of benzene rings is 1. The third-order valence-corrected chi connectivity index (χ3v) is 1.80. The Morgan fingerprint density at radius 1 is 1.33 bits per heavy atom. The SMILES string of the molecule is COCCOc1cc(C)cc([N+](=O)[O-])c1. The predicted molar refractivity (Wildman–Crippen MR) is 55.2 cm³/mol. The van der Waals surface area contributed by atoms with Gasteiger partial charge in [0.1, 0.15) is 12.4 Å². The Labute approximate surface area is 87.8 Å². The van der Waals surface area contributed by atoms with E-state index in [1.54, 1.807) is 20.1 Å². The van der Waals surface area contributed by atoms with Crippen molar-refractivity contribution in [3.05, 3.63) is 33.9 Å². The molecule has 1 aromatic rings. The largest absolute Gasteiger partial charge is 0.491 e. The van der Waals surface area contributed by atoms with Crippen molar-refractivity contribution in [3.8, 4) is 5.75 Å². The van der Waals surface area contributed by atoms with E-state index >= 15 is 0 Å². The fourth-order valence-electron chi connectivity index (χ4n) is 1.16. The van der Waals surface area contributed by atoms with E-state index in [4.69, 9.17) is 9.47 Å². The highest BCUT2D eigenvalue weighted by Crippen LogP contribution is 2.22. The Morgan fingerprint density at radius 2 is 2.07 bits per heavy atom. The summed E-state index contributed by atoms with van der Waals surface area (Å²) < 4.78 is 10.1. The zero-order valence-electron chi connectivity index (χ0n) is 8.73. The fourth-order valence-corrected chi connectivity index (χ4v) is 1.16. The molecule has 0 spiro atoms. The zero-order valence-corrected chi connectivity index (χ0v) is 8.73. The Morgan fingerprint density at radius 3 is 2.67 bits per heavy atom. The predicted octanol–water partition coefficient (Wildman–Crippen LogP) is 1.93. The molecule has 0 N–H and O–H groups in total. The first-order valence-corrected chi connectivity index (χ1v) is 4.51. The maximum Gasteiger partial charge on any atom is 0.273 e. The summed E-state index contributed by atoms with van der Waals surface area (Å²) in [6.07, 6.45) is 0. The molecular formula is C10H13NO4. The van der Waals surface area contributed by atoms with Crippen LogP contribution in [0.15, 0.2) is 18.2 Å². The number of aryl methyl sites for hydroxylation is 1. The van der Waals surface area contributed by atoms with Crippen LogP contribution in [0, 0.1) is 17.0 Å². The van der Waals surface area contributed by atoms with Gasteiger partial charge in [-0.3, -0.25) is 10.1 Å². The summed E-state index contributed by atoms with van der Waals surface area (Å²) in [7, 11) is 1.57. The Bertz CT molecular complexity index is 351. The minimum absolute atomic E-state index is 0.0439. The van der Waals surface area contributed by atoms with Gasteiger partial charge in [0.15, 0.2) is 0 Å². The minimum Gasteiger partial charge on any atom is -0.491 e. The van der Waals surface area contributed by atoms with Crippen molar-refractivity contribution in [2.45, 2.75) is 6.92 Å². The van der Waals surface area contributed by atoms with Crippen molar-refractivity contribution in [2.75, 3.05) is 20.3 Å².